The number of hydrogen-bond donors (Lipinski definition) is 0. The van der Waals surface area contributed by atoms with E-state index in [1.807, 2.05) is 13.0 Å². The van der Waals surface area contributed by atoms with Crippen LogP contribution in [0.1, 0.15) is 29.0 Å². The summed E-state index contributed by atoms with van der Waals surface area (Å²) >= 11 is 0. The molecule has 0 N–H and O–H groups in total. The van der Waals surface area contributed by atoms with Gasteiger partial charge in [-0.1, -0.05) is 12.1 Å². The van der Waals surface area contributed by atoms with Crippen molar-refractivity contribution in [3.05, 3.63) is 53.9 Å². The molecule has 0 spiro atoms. The normalized spacial score (nSPS) is 12.4. The van der Waals surface area contributed by atoms with E-state index in [1.54, 1.807) is 17.0 Å². The number of aldehydes is 1. The molecule has 0 aliphatic rings. The Morgan fingerprint density at radius 2 is 2.31 bits per heavy atom. The first-order chi connectivity index (χ1) is 7.72. The van der Waals surface area contributed by atoms with Crippen molar-refractivity contribution in [1.82, 2.24) is 9.55 Å². The van der Waals surface area contributed by atoms with Gasteiger partial charge in [-0.2, -0.15) is 0 Å². The molecule has 16 heavy (non-hydrogen) atoms. The zero-order valence-corrected chi connectivity index (χ0v) is 8.80. The minimum Gasteiger partial charge on any atom is -0.321 e. The molecule has 0 saturated carbocycles. The minimum atomic E-state index is -0.280. The van der Waals surface area contributed by atoms with Crippen molar-refractivity contribution in [2.75, 3.05) is 0 Å². The van der Waals surface area contributed by atoms with Crippen molar-refractivity contribution in [3.8, 4) is 0 Å². The number of carbonyl (C=O) groups is 1. The van der Waals surface area contributed by atoms with Gasteiger partial charge < -0.3 is 4.57 Å². The quantitative estimate of drug-likeness (QED) is 0.741. The highest BCUT2D eigenvalue weighted by molar-refractivity contribution is 5.71. The molecule has 3 nitrogen and oxygen atoms in total. The molecule has 1 unspecified atom stereocenters. The summed E-state index contributed by atoms with van der Waals surface area (Å²) in [6, 6.07) is 6.21. The molecule has 0 fully saturated rings. The maximum absolute atomic E-state index is 13.1. The van der Waals surface area contributed by atoms with Crippen LogP contribution in [0, 0.1) is 5.82 Å². The smallest absolute Gasteiger partial charge is 0.168 e. The fourth-order valence-corrected chi connectivity index (χ4v) is 1.66. The molecular weight excluding hydrogens is 207 g/mol. The van der Waals surface area contributed by atoms with Gasteiger partial charge in [0.2, 0.25) is 0 Å². The van der Waals surface area contributed by atoms with Crippen molar-refractivity contribution >= 4 is 6.29 Å². The average molecular weight is 218 g/mol. The zero-order valence-electron chi connectivity index (χ0n) is 8.80. The summed E-state index contributed by atoms with van der Waals surface area (Å²) in [6.07, 6.45) is 3.80. The third-order valence-corrected chi connectivity index (χ3v) is 2.57. The van der Waals surface area contributed by atoms with Crippen LogP contribution in [0.15, 0.2) is 36.8 Å². The molecule has 0 aliphatic heterocycles. The first kappa shape index (κ1) is 10.5. The van der Waals surface area contributed by atoms with Gasteiger partial charge >= 0.3 is 0 Å². The number of halogens is 1. The van der Waals surface area contributed by atoms with Gasteiger partial charge in [-0.3, -0.25) is 4.79 Å². The number of rotatable bonds is 3. The average Bonchev–Trinajstić information content (AvgIpc) is 2.76. The SMILES string of the molecule is CC(c1cccc(F)c1)n1cncc1C=O. The van der Waals surface area contributed by atoms with Crippen molar-refractivity contribution in [3.63, 3.8) is 0 Å². The van der Waals surface area contributed by atoms with Crippen molar-refractivity contribution in [2.45, 2.75) is 13.0 Å². The highest BCUT2D eigenvalue weighted by atomic mass is 19.1. The molecule has 0 aliphatic carbocycles. The summed E-state index contributed by atoms with van der Waals surface area (Å²) in [4.78, 5) is 14.7. The van der Waals surface area contributed by atoms with Gasteiger partial charge in [-0.15, -0.1) is 0 Å². The van der Waals surface area contributed by atoms with Gasteiger partial charge in [0.1, 0.15) is 11.5 Å². The lowest BCUT2D eigenvalue weighted by molar-refractivity contribution is 0.111. The van der Waals surface area contributed by atoms with Crippen LogP contribution in [0.2, 0.25) is 0 Å². The van der Waals surface area contributed by atoms with Crippen LogP contribution in [0.5, 0.6) is 0 Å². The Labute approximate surface area is 92.5 Å². The number of carbonyl (C=O) groups excluding carboxylic acids is 1. The van der Waals surface area contributed by atoms with E-state index in [2.05, 4.69) is 4.98 Å². The Balaban J connectivity index is 2.38. The summed E-state index contributed by atoms with van der Waals surface area (Å²) < 4.78 is 14.8. The second kappa shape index (κ2) is 4.26. The summed E-state index contributed by atoms with van der Waals surface area (Å²) in [5, 5.41) is 0. The molecule has 1 atom stereocenters. The molecule has 2 aromatic rings. The van der Waals surface area contributed by atoms with E-state index >= 15 is 0 Å². The van der Waals surface area contributed by atoms with Gasteiger partial charge in [-0.05, 0) is 24.6 Å². The Kier molecular flexibility index (Phi) is 2.81. The third-order valence-electron chi connectivity index (χ3n) is 2.57. The number of aromatic nitrogens is 2. The molecule has 0 bridgehead atoms. The van der Waals surface area contributed by atoms with E-state index in [4.69, 9.17) is 0 Å². The van der Waals surface area contributed by atoms with Crippen LogP contribution in [0.4, 0.5) is 4.39 Å². The van der Waals surface area contributed by atoms with Crippen LogP contribution >= 0.6 is 0 Å². The van der Waals surface area contributed by atoms with E-state index in [0.717, 1.165) is 11.8 Å². The fraction of sp³-hybridized carbons (Fsp3) is 0.167. The maximum Gasteiger partial charge on any atom is 0.168 e. The topological polar surface area (TPSA) is 34.9 Å². The van der Waals surface area contributed by atoms with Gasteiger partial charge in [0, 0.05) is 0 Å². The lowest BCUT2D eigenvalue weighted by atomic mass is 10.1. The predicted octanol–water partition coefficient (Wildman–Crippen LogP) is 2.44. The van der Waals surface area contributed by atoms with Gasteiger partial charge in [-0.25, -0.2) is 9.37 Å². The highest BCUT2D eigenvalue weighted by Crippen LogP contribution is 2.19. The molecule has 0 saturated heterocycles. The van der Waals surface area contributed by atoms with Crippen LogP contribution in [-0.2, 0) is 0 Å². The third kappa shape index (κ3) is 1.86. The lowest BCUT2D eigenvalue weighted by Crippen LogP contribution is -2.08. The van der Waals surface area contributed by atoms with Crippen LogP contribution in [-0.4, -0.2) is 15.8 Å². The molecular formula is C12H11FN2O. The molecule has 82 valence electrons. The van der Waals surface area contributed by atoms with Gasteiger partial charge in [0.25, 0.3) is 0 Å². The molecule has 0 amide bonds. The summed E-state index contributed by atoms with van der Waals surface area (Å²) in [6.45, 7) is 1.89. The summed E-state index contributed by atoms with van der Waals surface area (Å²) in [5.41, 5.74) is 1.29. The molecule has 1 heterocycles. The van der Waals surface area contributed by atoms with E-state index in [-0.39, 0.29) is 11.9 Å². The first-order valence-electron chi connectivity index (χ1n) is 4.95. The highest BCUT2D eigenvalue weighted by Gasteiger charge is 2.11. The van der Waals surface area contributed by atoms with E-state index in [1.165, 1.54) is 18.3 Å². The zero-order chi connectivity index (χ0) is 11.5. The van der Waals surface area contributed by atoms with Gasteiger partial charge in [0.05, 0.1) is 18.6 Å². The Morgan fingerprint density at radius 3 is 3.00 bits per heavy atom. The Hall–Kier alpha value is -1.97. The van der Waals surface area contributed by atoms with Crippen molar-refractivity contribution in [2.24, 2.45) is 0 Å². The Morgan fingerprint density at radius 1 is 1.50 bits per heavy atom. The van der Waals surface area contributed by atoms with Crippen LogP contribution in [0.25, 0.3) is 0 Å². The standard InChI is InChI=1S/C12H11FN2O/c1-9(10-3-2-4-11(13)5-10)15-8-14-6-12(15)7-16/h2-9H,1H3. The summed E-state index contributed by atoms with van der Waals surface area (Å²) in [7, 11) is 0. The number of nitrogens with zero attached hydrogens (tertiary/aromatic N) is 2. The molecule has 1 aromatic carbocycles. The molecule has 0 radical (unpaired) electrons. The molecule has 2 rings (SSSR count). The predicted molar refractivity (Wildman–Crippen MR) is 57.8 cm³/mol. The number of imidazole rings is 1. The second-order valence-corrected chi connectivity index (χ2v) is 3.57. The minimum absolute atomic E-state index is 0.113. The van der Waals surface area contributed by atoms with Gasteiger partial charge in [0.15, 0.2) is 6.29 Å². The first-order valence-corrected chi connectivity index (χ1v) is 4.95. The van der Waals surface area contributed by atoms with Crippen LogP contribution < -0.4 is 0 Å². The Bertz CT molecular complexity index is 507. The second-order valence-electron chi connectivity index (χ2n) is 3.57. The van der Waals surface area contributed by atoms with Crippen LogP contribution in [0.3, 0.4) is 0 Å². The van der Waals surface area contributed by atoms with E-state index in [9.17, 15) is 9.18 Å². The van der Waals surface area contributed by atoms with E-state index in [0.29, 0.717) is 5.69 Å². The largest absolute Gasteiger partial charge is 0.321 e. The summed E-state index contributed by atoms with van der Waals surface area (Å²) in [5.74, 6) is -0.280. The number of benzene rings is 1. The molecule has 1 aromatic heterocycles. The maximum atomic E-state index is 13.1. The van der Waals surface area contributed by atoms with Crippen molar-refractivity contribution in [1.29, 1.82) is 0 Å². The lowest BCUT2D eigenvalue weighted by Gasteiger charge is -2.14. The molecule has 4 heteroatoms. The fourth-order valence-electron chi connectivity index (χ4n) is 1.66. The number of hydrogen-bond acceptors (Lipinski definition) is 2. The van der Waals surface area contributed by atoms with Crippen molar-refractivity contribution < 1.29 is 9.18 Å². The van der Waals surface area contributed by atoms with E-state index < -0.39 is 0 Å². The monoisotopic (exact) mass is 218 g/mol.